The maximum Gasteiger partial charge on any atom is 0.275 e. The first-order valence-corrected chi connectivity index (χ1v) is 8.23. The Labute approximate surface area is 157 Å². The summed E-state index contributed by atoms with van der Waals surface area (Å²) in [6.07, 6.45) is 4.31. The molecule has 0 atom stereocenters. The second kappa shape index (κ2) is 7.67. The molecule has 9 heteroatoms. The molecule has 26 heavy (non-hydrogen) atoms. The molecule has 2 aromatic heterocycles. The summed E-state index contributed by atoms with van der Waals surface area (Å²) in [5.74, 6) is 1.54. The molecule has 4 rings (SSSR count). The minimum absolute atomic E-state index is 0. The van der Waals surface area contributed by atoms with Gasteiger partial charge in [-0.2, -0.15) is 0 Å². The van der Waals surface area contributed by atoms with Crippen molar-refractivity contribution in [2.24, 2.45) is 7.05 Å². The summed E-state index contributed by atoms with van der Waals surface area (Å²) in [6.45, 7) is 2.62. The van der Waals surface area contributed by atoms with Gasteiger partial charge in [0, 0.05) is 50.6 Å². The maximum atomic E-state index is 12.5. The van der Waals surface area contributed by atoms with Crippen LogP contribution in [0.2, 0.25) is 0 Å². The molecule has 1 aromatic carbocycles. The molecule has 1 amide bonds. The highest BCUT2D eigenvalue weighted by Gasteiger charge is 2.16. The predicted octanol–water partition coefficient (Wildman–Crippen LogP) is 1.50. The van der Waals surface area contributed by atoms with E-state index in [2.05, 4.69) is 25.8 Å². The van der Waals surface area contributed by atoms with Gasteiger partial charge in [0.1, 0.15) is 17.8 Å². The number of hydrogen-bond acceptors (Lipinski definition) is 5. The third kappa shape index (κ3) is 3.61. The van der Waals surface area contributed by atoms with Crippen molar-refractivity contribution in [1.29, 1.82) is 0 Å². The highest BCUT2D eigenvalue weighted by atomic mass is 35.5. The number of aromatic nitrogens is 5. The van der Waals surface area contributed by atoms with Crippen LogP contribution in [0, 0.1) is 0 Å². The fourth-order valence-electron chi connectivity index (χ4n) is 2.92. The lowest BCUT2D eigenvalue weighted by Crippen LogP contribution is -2.18. The molecule has 0 spiro atoms. The maximum absolute atomic E-state index is 12.5. The van der Waals surface area contributed by atoms with Crippen molar-refractivity contribution in [2.45, 2.75) is 13.0 Å². The molecule has 0 bridgehead atoms. The first-order valence-electron chi connectivity index (χ1n) is 8.23. The Hall–Kier alpha value is -2.71. The van der Waals surface area contributed by atoms with Gasteiger partial charge in [0.15, 0.2) is 5.82 Å². The van der Waals surface area contributed by atoms with Crippen LogP contribution in [0.15, 0.2) is 36.8 Å². The first kappa shape index (κ1) is 18.1. The Morgan fingerprint density at radius 3 is 2.77 bits per heavy atom. The number of imidazole rings is 1. The van der Waals surface area contributed by atoms with E-state index in [0.29, 0.717) is 5.69 Å². The number of anilines is 1. The molecule has 136 valence electrons. The Balaban J connectivity index is 0.00000196. The van der Waals surface area contributed by atoms with Gasteiger partial charge in [-0.3, -0.25) is 4.79 Å². The quantitative estimate of drug-likeness (QED) is 0.726. The van der Waals surface area contributed by atoms with E-state index in [-0.39, 0.29) is 18.3 Å². The first-order chi connectivity index (χ1) is 12.2. The number of fused-ring (bicyclic) bond motifs is 1. The van der Waals surface area contributed by atoms with Gasteiger partial charge in [-0.1, -0.05) is 0 Å². The Morgan fingerprint density at radius 2 is 2.04 bits per heavy atom. The molecule has 0 unspecified atom stereocenters. The zero-order valence-electron chi connectivity index (χ0n) is 14.3. The van der Waals surface area contributed by atoms with Gasteiger partial charge in [-0.15, -0.1) is 22.6 Å². The number of nitrogens with one attached hydrogen (secondary N) is 2. The monoisotopic (exact) mass is 373 g/mol. The van der Waals surface area contributed by atoms with Crippen LogP contribution in [0.5, 0.6) is 0 Å². The number of halogens is 1. The fraction of sp³-hybridized carbons (Fsp3) is 0.294. The predicted molar refractivity (Wildman–Crippen MR) is 100 cm³/mol. The number of carbonyl (C=O) groups is 1. The molecule has 0 fully saturated rings. The van der Waals surface area contributed by atoms with Gasteiger partial charge in [0.05, 0.1) is 0 Å². The third-order valence-corrected chi connectivity index (χ3v) is 4.26. The summed E-state index contributed by atoms with van der Waals surface area (Å²) in [7, 11) is 1.89. The number of benzene rings is 1. The number of hydrogen-bond donors (Lipinski definition) is 2. The molecule has 8 nitrogen and oxygen atoms in total. The van der Waals surface area contributed by atoms with Gasteiger partial charge < -0.3 is 19.8 Å². The van der Waals surface area contributed by atoms with E-state index in [4.69, 9.17) is 0 Å². The zero-order valence-corrected chi connectivity index (χ0v) is 15.2. The Kier molecular flexibility index (Phi) is 5.34. The van der Waals surface area contributed by atoms with Crippen molar-refractivity contribution in [3.8, 4) is 11.4 Å². The molecule has 2 N–H and O–H groups in total. The average molecular weight is 374 g/mol. The van der Waals surface area contributed by atoms with E-state index in [1.54, 1.807) is 6.33 Å². The number of rotatable bonds is 3. The van der Waals surface area contributed by atoms with Crippen LogP contribution in [0.3, 0.4) is 0 Å². The number of amides is 1. The summed E-state index contributed by atoms with van der Waals surface area (Å²) in [5.41, 5.74) is 2.12. The largest absolute Gasteiger partial charge is 0.333 e. The van der Waals surface area contributed by atoms with Crippen molar-refractivity contribution in [3.05, 3.63) is 48.3 Å². The van der Waals surface area contributed by atoms with Crippen molar-refractivity contribution in [3.63, 3.8) is 0 Å². The summed E-state index contributed by atoms with van der Waals surface area (Å²) in [5, 5.41) is 14.2. The smallest absolute Gasteiger partial charge is 0.275 e. The summed E-state index contributed by atoms with van der Waals surface area (Å²) in [4.78, 5) is 16.9. The average Bonchev–Trinajstić information content (AvgIpc) is 3.16. The van der Waals surface area contributed by atoms with Crippen molar-refractivity contribution in [1.82, 2.24) is 29.6 Å². The van der Waals surface area contributed by atoms with Crippen LogP contribution in [-0.4, -0.2) is 43.3 Å². The second-order valence-electron chi connectivity index (χ2n) is 6.03. The standard InChI is InChI=1S/C17H19N7O.ClH/c1-23-11-19-22-16(23)12-2-4-13(5-3-12)20-17(25)14-10-24-9-8-18-7-6-15(24)21-14;/h2-5,10-11,18H,6-9H2,1H3,(H,20,25);1H. The number of nitrogens with zero attached hydrogens (tertiary/aromatic N) is 5. The van der Waals surface area contributed by atoms with Gasteiger partial charge >= 0.3 is 0 Å². The van der Waals surface area contributed by atoms with Crippen LogP contribution in [0.1, 0.15) is 16.3 Å². The normalized spacial score (nSPS) is 13.4. The Morgan fingerprint density at radius 1 is 1.23 bits per heavy atom. The molecular formula is C17H20ClN7O. The van der Waals surface area contributed by atoms with Crippen LogP contribution in [0.25, 0.3) is 11.4 Å². The lowest BCUT2D eigenvalue weighted by atomic mass is 10.2. The van der Waals surface area contributed by atoms with Gasteiger partial charge in [-0.05, 0) is 24.3 Å². The van der Waals surface area contributed by atoms with Gasteiger partial charge in [-0.25, -0.2) is 4.98 Å². The van der Waals surface area contributed by atoms with E-state index in [9.17, 15) is 4.79 Å². The fourth-order valence-corrected chi connectivity index (χ4v) is 2.92. The van der Waals surface area contributed by atoms with E-state index < -0.39 is 0 Å². The van der Waals surface area contributed by atoms with Crippen LogP contribution in [0.4, 0.5) is 5.69 Å². The van der Waals surface area contributed by atoms with Crippen LogP contribution < -0.4 is 10.6 Å². The number of aryl methyl sites for hydroxylation is 1. The topological polar surface area (TPSA) is 89.7 Å². The lowest BCUT2D eigenvalue weighted by molar-refractivity contribution is 0.102. The molecular weight excluding hydrogens is 354 g/mol. The summed E-state index contributed by atoms with van der Waals surface area (Å²) < 4.78 is 3.90. The molecule has 1 aliphatic rings. The van der Waals surface area contributed by atoms with Gasteiger partial charge in [0.2, 0.25) is 0 Å². The van der Waals surface area contributed by atoms with Crippen molar-refractivity contribution in [2.75, 3.05) is 18.4 Å². The second-order valence-corrected chi connectivity index (χ2v) is 6.03. The summed E-state index contributed by atoms with van der Waals surface area (Å²) in [6, 6.07) is 7.53. The molecule has 1 aliphatic heterocycles. The van der Waals surface area contributed by atoms with E-state index >= 15 is 0 Å². The molecule has 0 radical (unpaired) electrons. The van der Waals surface area contributed by atoms with E-state index in [1.807, 2.05) is 46.6 Å². The van der Waals surface area contributed by atoms with Crippen molar-refractivity contribution < 1.29 is 4.79 Å². The van der Waals surface area contributed by atoms with Crippen LogP contribution in [-0.2, 0) is 20.0 Å². The van der Waals surface area contributed by atoms with Gasteiger partial charge in [0.25, 0.3) is 5.91 Å². The minimum atomic E-state index is -0.194. The molecule has 3 aromatic rings. The Bertz CT molecular complexity index is 877. The summed E-state index contributed by atoms with van der Waals surface area (Å²) >= 11 is 0. The zero-order chi connectivity index (χ0) is 17.2. The highest BCUT2D eigenvalue weighted by Crippen LogP contribution is 2.19. The van der Waals surface area contributed by atoms with E-state index in [1.165, 1.54) is 0 Å². The molecule has 0 saturated heterocycles. The molecule has 0 saturated carbocycles. The minimum Gasteiger partial charge on any atom is -0.333 e. The van der Waals surface area contributed by atoms with E-state index in [0.717, 1.165) is 49.0 Å². The third-order valence-electron chi connectivity index (χ3n) is 4.26. The van der Waals surface area contributed by atoms with Crippen LogP contribution >= 0.6 is 12.4 Å². The number of carbonyl (C=O) groups excluding carboxylic acids is 1. The SMILES string of the molecule is Cl.Cn1cnnc1-c1ccc(NC(=O)c2cn3c(n2)CCNCC3)cc1. The lowest BCUT2D eigenvalue weighted by Gasteiger charge is -2.05. The molecule has 0 aliphatic carbocycles. The van der Waals surface area contributed by atoms with Crippen molar-refractivity contribution >= 4 is 24.0 Å². The molecule has 3 heterocycles. The highest BCUT2D eigenvalue weighted by molar-refractivity contribution is 6.02.